The summed E-state index contributed by atoms with van der Waals surface area (Å²) in [6.07, 6.45) is 2.22. The van der Waals surface area contributed by atoms with Gasteiger partial charge in [0.2, 0.25) is 0 Å². The van der Waals surface area contributed by atoms with Crippen molar-refractivity contribution in [3.8, 4) is 0 Å². The zero-order valence-electron chi connectivity index (χ0n) is 14.8. The van der Waals surface area contributed by atoms with Crippen LogP contribution in [-0.2, 0) is 15.9 Å². The number of rotatable bonds is 6. The average Bonchev–Trinajstić information content (AvgIpc) is 2.55. The van der Waals surface area contributed by atoms with Gasteiger partial charge in [0.1, 0.15) is 5.72 Å². The fourth-order valence-electron chi connectivity index (χ4n) is 3.54. The highest BCUT2D eigenvalue weighted by molar-refractivity contribution is 5.81. The number of carboxylic acids is 1. The molecule has 0 saturated carbocycles. The van der Waals surface area contributed by atoms with Gasteiger partial charge in [-0.1, -0.05) is 37.6 Å². The van der Waals surface area contributed by atoms with Crippen LogP contribution in [0.3, 0.4) is 0 Å². The summed E-state index contributed by atoms with van der Waals surface area (Å²) in [7, 11) is 0. The molecule has 2 rings (SSSR count). The molecule has 24 heavy (non-hydrogen) atoms. The van der Waals surface area contributed by atoms with E-state index in [2.05, 4.69) is 0 Å². The highest BCUT2D eigenvalue weighted by Gasteiger charge is 2.42. The highest BCUT2D eigenvalue weighted by atomic mass is 16.4. The van der Waals surface area contributed by atoms with E-state index in [1.165, 1.54) is 0 Å². The van der Waals surface area contributed by atoms with Gasteiger partial charge in [0, 0.05) is 18.7 Å². The van der Waals surface area contributed by atoms with Crippen molar-refractivity contribution in [3.05, 3.63) is 35.4 Å². The summed E-state index contributed by atoms with van der Waals surface area (Å²) in [6, 6.07) is 7.29. The molecular weight excluding hydrogens is 306 g/mol. The molecule has 0 bridgehead atoms. The number of aliphatic hydroxyl groups excluding tert-OH is 1. The lowest BCUT2D eigenvalue weighted by atomic mass is 9.77. The fraction of sp³-hybridized carbons (Fsp3) is 0.632. The standard InChI is InChI=1S/C19H29NO4/c1-4-11-19(24,20-12-9-14(21)10-13-20)16-8-6-5-7-15(16)18(2,3)17(22)23/h5-8,14,21,24H,4,9-13H2,1-3H3,(H,22,23). The molecule has 0 aromatic heterocycles. The molecule has 1 heterocycles. The zero-order valence-corrected chi connectivity index (χ0v) is 14.8. The second kappa shape index (κ2) is 7.21. The summed E-state index contributed by atoms with van der Waals surface area (Å²) in [6.45, 7) is 6.54. The molecule has 0 spiro atoms. The highest BCUT2D eigenvalue weighted by Crippen LogP contribution is 2.39. The lowest BCUT2D eigenvalue weighted by Crippen LogP contribution is -2.51. The number of aliphatic carboxylic acids is 1. The third-order valence-electron chi connectivity index (χ3n) is 5.15. The molecule has 0 aliphatic carbocycles. The molecule has 3 N–H and O–H groups in total. The Morgan fingerprint density at radius 2 is 1.75 bits per heavy atom. The first-order chi connectivity index (χ1) is 11.2. The number of hydrogen-bond donors (Lipinski definition) is 3. The second-order valence-electron chi connectivity index (χ2n) is 7.26. The minimum Gasteiger partial charge on any atom is -0.481 e. The third-order valence-corrected chi connectivity index (χ3v) is 5.15. The van der Waals surface area contributed by atoms with Gasteiger partial charge in [-0.05, 0) is 38.7 Å². The number of piperidine rings is 1. The van der Waals surface area contributed by atoms with E-state index in [0.717, 1.165) is 6.42 Å². The Morgan fingerprint density at radius 1 is 1.21 bits per heavy atom. The molecule has 5 heteroatoms. The quantitative estimate of drug-likeness (QED) is 0.744. The maximum absolute atomic E-state index is 11.7. The van der Waals surface area contributed by atoms with E-state index in [1.54, 1.807) is 19.9 Å². The Bertz CT molecular complexity index is 578. The molecule has 1 aliphatic rings. The van der Waals surface area contributed by atoms with Gasteiger partial charge in [-0.3, -0.25) is 9.69 Å². The van der Waals surface area contributed by atoms with Crippen LogP contribution in [0.2, 0.25) is 0 Å². The SMILES string of the molecule is CCCC(O)(c1ccccc1C(C)(C)C(=O)O)N1CCC(O)CC1. The number of likely N-dealkylation sites (tertiary alicyclic amines) is 1. The molecule has 0 amide bonds. The summed E-state index contributed by atoms with van der Waals surface area (Å²) >= 11 is 0. The number of carboxylic acid groups (broad SMARTS) is 1. The van der Waals surface area contributed by atoms with Crippen molar-refractivity contribution in [2.24, 2.45) is 0 Å². The maximum Gasteiger partial charge on any atom is 0.313 e. The first kappa shape index (κ1) is 18.9. The molecule has 1 aromatic rings. The Balaban J connectivity index is 2.50. The minimum absolute atomic E-state index is 0.321. The summed E-state index contributed by atoms with van der Waals surface area (Å²) in [5.74, 6) is -0.914. The van der Waals surface area contributed by atoms with Crippen LogP contribution in [0, 0.1) is 0 Å². The normalized spacial score (nSPS) is 19.9. The Hall–Kier alpha value is -1.43. The van der Waals surface area contributed by atoms with Crippen LogP contribution in [0.5, 0.6) is 0 Å². The third kappa shape index (κ3) is 3.48. The maximum atomic E-state index is 11.7. The molecule has 5 nitrogen and oxygen atoms in total. The zero-order chi connectivity index (χ0) is 18.0. The topological polar surface area (TPSA) is 81.0 Å². The van der Waals surface area contributed by atoms with Gasteiger partial charge in [0.25, 0.3) is 0 Å². The summed E-state index contributed by atoms with van der Waals surface area (Å²) in [5.41, 5.74) is -0.999. The van der Waals surface area contributed by atoms with E-state index in [9.17, 15) is 20.1 Å². The van der Waals surface area contributed by atoms with Gasteiger partial charge in [-0.15, -0.1) is 0 Å². The van der Waals surface area contributed by atoms with Gasteiger partial charge in [0.15, 0.2) is 0 Å². The van der Waals surface area contributed by atoms with E-state index in [0.29, 0.717) is 43.5 Å². The number of aliphatic hydroxyl groups is 2. The fourth-order valence-corrected chi connectivity index (χ4v) is 3.54. The van der Waals surface area contributed by atoms with Crippen LogP contribution < -0.4 is 0 Å². The van der Waals surface area contributed by atoms with Crippen molar-refractivity contribution in [2.45, 2.75) is 63.7 Å². The number of hydrogen-bond acceptors (Lipinski definition) is 4. The lowest BCUT2D eigenvalue weighted by molar-refractivity contribution is -0.145. The summed E-state index contributed by atoms with van der Waals surface area (Å²) in [5, 5.41) is 31.0. The van der Waals surface area contributed by atoms with E-state index >= 15 is 0 Å². The van der Waals surface area contributed by atoms with Crippen molar-refractivity contribution in [2.75, 3.05) is 13.1 Å². The molecule has 134 valence electrons. The van der Waals surface area contributed by atoms with E-state index in [1.807, 2.05) is 30.0 Å². The van der Waals surface area contributed by atoms with Gasteiger partial charge in [-0.2, -0.15) is 0 Å². The van der Waals surface area contributed by atoms with Crippen molar-refractivity contribution >= 4 is 5.97 Å². The number of nitrogens with zero attached hydrogens (tertiary/aromatic N) is 1. The van der Waals surface area contributed by atoms with Gasteiger partial charge in [-0.25, -0.2) is 0 Å². The van der Waals surface area contributed by atoms with Crippen molar-refractivity contribution in [1.82, 2.24) is 4.90 Å². The molecular formula is C19H29NO4. The minimum atomic E-state index is -1.21. The Labute approximate surface area is 143 Å². The molecule has 0 radical (unpaired) electrons. The molecule has 1 fully saturated rings. The first-order valence-corrected chi connectivity index (χ1v) is 8.72. The van der Waals surface area contributed by atoms with Crippen molar-refractivity contribution in [3.63, 3.8) is 0 Å². The van der Waals surface area contributed by atoms with Crippen molar-refractivity contribution in [1.29, 1.82) is 0 Å². The molecule has 1 saturated heterocycles. The van der Waals surface area contributed by atoms with Gasteiger partial charge >= 0.3 is 5.97 Å². The van der Waals surface area contributed by atoms with Gasteiger partial charge in [0.05, 0.1) is 11.5 Å². The Kier molecular flexibility index (Phi) is 5.68. The van der Waals surface area contributed by atoms with Crippen LogP contribution in [0.15, 0.2) is 24.3 Å². The van der Waals surface area contributed by atoms with Crippen molar-refractivity contribution < 1.29 is 20.1 Å². The predicted octanol–water partition coefficient (Wildman–Crippen LogP) is 2.45. The molecule has 1 atom stereocenters. The van der Waals surface area contributed by atoms with E-state index < -0.39 is 17.1 Å². The van der Waals surface area contributed by atoms with E-state index in [-0.39, 0.29) is 6.10 Å². The number of carbonyl (C=O) groups is 1. The lowest BCUT2D eigenvalue weighted by Gasteiger charge is -2.45. The van der Waals surface area contributed by atoms with Crippen LogP contribution in [0.1, 0.15) is 57.6 Å². The number of benzene rings is 1. The molecule has 1 aromatic carbocycles. The Morgan fingerprint density at radius 3 is 2.25 bits per heavy atom. The second-order valence-corrected chi connectivity index (χ2v) is 7.26. The summed E-state index contributed by atoms with van der Waals surface area (Å²) in [4.78, 5) is 13.7. The molecule has 1 aliphatic heterocycles. The van der Waals surface area contributed by atoms with Crippen LogP contribution >= 0.6 is 0 Å². The van der Waals surface area contributed by atoms with Crippen LogP contribution in [0.4, 0.5) is 0 Å². The average molecular weight is 335 g/mol. The summed E-state index contributed by atoms with van der Waals surface area (Å²) < 4.78 is 0. The monoisotopic (exact) mass is 335 g/mol. The van der Waals surface area contributed by atoms with Gasteiger partial charge < -0.3 is 15.3 Å². The molecule has 1 unspecified atom stereocenters. The predicted molar refractivity (Wildman–Crippen MR) is 92.7 cm³/mol. The van der Waals surface area contributed by atoms with Crippen LogP contribution in [-0.4, -0.2) is 45.4 Å². The van der Waals surface area contributed by atoms with E-state index in [4.69, 9.17) is 0 Å². The smallest absolute Gasteiger partial charge is 0.313 e. The first-order valence-electron chi connectivity index (χ1n) is 8.72. The van der Waals surface area contributed by atoms with Crippen LogP contribution in [0.25, 0.3) is 0 Å². The largest absolute Gasteiger partial charge is 0.481 e.